The number of pyridine rings is 1. The number of aryl methyl sites for hydroxylation is 3. The van der Waals surface area contributed by atoms with Crippen LogP contribution in [-0.4, -0.2) is 41.7 Å². The van der Waals surface area contributed by atoms with E-state index in [4.69, 9.17) is 4.52 Å². The monoisotopic (exact) mass is 420 g/mol. The first kappa shape index (κ1) is 21.4. The lowest BCUT2D eigenvalue weighted by atomic mass is 9.94. The average molecular weight is 421 g/mol. The fraction of sp³-hybridized carbons (Fsp3) is 0.550. The van der Waals surface area contributed by atoms with E-state index in [-0.39, 0.29) is 24.6 Å². The maximum absolute atomic E-state index is 12.8. The molecule has 0 unspecified atom stereocenters. The number of amides is 1. The minimum Gasteiger partial charge on any atom is -0.361 e. The molecule has 0 radical (unpaired) electrons. The molecule has 1 amide bonds. The van der Waals surface area contributed by atoms with Crippen molar-refractivity contribution in [3.8, 4) is 0 Å². The molecular formula is C20H28N4O4S. The van der Waals surface area contributed by atoms with Gasteiger partial charge in [-0.1, -0.05) is 12.1 Å². The van der Waals surface area contributed by atoms with E-state index in [1.54, 1.807) is 6.20 Å². The van der Waals surface area contributed by atoms with Crippen molar-refractivity contribution in [1.29, 1.82) is 0 Å². The zero-order valence-electron chi connectivity index (χ0n) is 17.4. The standard InChI is InChI=1S/C20H28N4O4S/c1-5-8-29(26,27)22-11-19-13(2)21-10-16-12-24(7-6-17(16)19)20(25)9-18-14(3)23-28-15(18)4/h10,22H,5-9,11-12H2,1-4H3. The predicted molar refractivity (Wildman–Crippen MR) is 109 cm³/mol. The fourth-order valence-corrected chi connectivity index (χ4v) is 4.76. The molecular weight excluding hydrogens is 392 g/mol. The van der Waals surface area contributed by atoms with Gasteiger partial charge >= 0.3 is 0 Å². The lowest BCUT2D eigenvalue weighted by Crippen LogP contribution is -2.38. The highest BCUT2D eigenvalue weighted by Crippen LogP contribution is 2.25. The van der Waals surface area contributed by atoms with Crippen LogP contribution in [0.15, 0.2) is 10.7 Å². The van der Waals surface area contributed by atoms with Crippen LogP contribution in [0.2, 0.25) is 0 Å². The van der Waals surface area contributed by atoms with Crippen LogP contribution >= 0.6 is 0 Å². The van der Waals surface area contributed by atoms with Crippen LogP contribution in [0.25, 0.3) is 0 Å². The number of hydrogen-bond donors (Lipinski definition) is 1. The third kappa shape index (κ3) is 4.84. The molecule has 0 saturated carbocycles. The van der Waals surface area contributed by atoms with Gasteiger partial charge in [0.25, 0.3) is 0 Å². The Morgan fingerprint density at radius 1 is 1.24 bits per heavy atom. The van der Waals surface area contributed by atoms with Crippen molar-refractivity contribution in [2.24, 2.45) is 0 Å². The molecule has 2 aromatic heterocycles. The third-order valence-electron chi connectivity index (χ3n) is 5.40. The Balaban J connectivity index is 1.75. The Bertz CT molecular complexity index is 994. The Labute approximate surface area is 171 Å². The van der Waals surface area contributed by atoms with E-state index in [9.17, 15) is 13.2 Å². The molecule has 0 bridgehead atoms. The number of hydrogen-bond acceptors (Lipinski definition) is 6. The second-order valence-corrected chi connectivity index (χ2v) is 9.44. The summed E-state index contributed by atoms with van der Waals surface area (Å²) >= 11 is 0. The van der Waals surface area contributed by atoms with Gasteiger partial charge in [-0.25, -0.2) is 13.1 Å². The zero-order chi connectivity index (χ0) is 21.2. The van der Waals surface area contributed by atoms with Gasteiger partial charge in [-0.2, -0.15) is 0 Å². The molecule has 0 fully saturated rings. The van der Waals surface area contributed by atoms with Crippen molar-refractivity contribution in [3.05, 3.63) is 45.6 Å². The minimum absolute atomic E-state index is 0.0239. The second kappa shape index (κ2) is 8.62. The zero-order valence-corrected chi connectivity index (χ0v) is 18.2. The van der Waals surface area contributed by atoms with E-state index >= 15 is 0 Å². The highest BCUT2D eigenvalue weighted by molar-refractivity contribution is 7.89. The Kier molecular flexibility index (Phi) is 6.38. The number of nitrogens with zero attached hydrogens (tertiary/aromatic N) is 3. The third-order valence-corrected chi connectivity index (χ3v) is 6.93. The Morgan fingerprint density at radius 3 is 2.66 bits per heavy atom. The van der Waals surface area contributed by atoms with Crippen molar-refractivity contribution in [1.82, 2.24) is 19.8 Å². The first-order valence-corrected chi connectivity index (χ1v) is 11.5. The fourth-order valence-electron chi connectivity index (χ4n) is 3.71. The first-order valence-electron chi connectivity index (χ1n) is 9.85. The first-order chi connectivity index (χ1) is 13.7. The molecule has 1 aliphatic rings. The molecule has 3 heterocycles. The molecule has 158 valence electrons. The minimum atomic E-state index is -3.29. The van der Waals surface area contributed by atoms with E-state index in [0.717, 1.165) is 33.6 Å². The quantitative estimate of drug-likeness (QED) is 0.734. The van der Waals surface area contributed by atoms with E-state index in [0.29, 0.717) is 31.7 Å². The molecule has 0 aromatic carbocycles. The van der Waals surface area contributed by atoms with Crippen LogP contribution in [0.5, 0.6) is 0 Å². The summed E-state index contributed by atoms with van der Waals surface area (Å²) in [6.45, 7) is 8.67. The number of fused-ring (bicyclic) bond motifs is 1. The van der Waals surface area contributed by atoms with Gasteiger partial charge in [0.2, 0.25) is 15.9 Å². The van der Waals surface area contributed by atoms with Crippen LogP contribution in [-0.2, 0) is 40.7 Å². The van der Waals surface area contributed by atoms with E-state index in [1.807, 2.05) is 32.6 Å². The molecule has 9 heteroatoms. The molecule has 0 aliphatic carbocycles. The van der Waals surface area contributed by atoms with Gasteiger partial charge in [-0.15, -0.1) is 0 Å². The molecule has 1 N–H and O–H groups in total. The van der Waals surface area contributed by atoms with Gasteiger partial charge in [0.15, 0.2) is 0 Å². The molecule has 0 saturated heterocycles. The maximum atomic E-state index is 12.8. The molecule has 0 atom stereocenters. The number of rotatable bonds is 7. The smallest absolute Gasteiger partial charge is 0.227 e. The molecule has 2 aromatic rings. The van der Waals surface area contributed by atoms with E-state index < -0.39 is 10.0 Å². The van der Waals surface area contributed by atoms with Crippen LogP contribution in [0.4, 0.5) is 0 Å². The van der Waals surface area contributed by atoms with Crippen molar-refractivity contribution < 1.29 is 17.7 Å². The van der Waals surface area contributed by atoms with E-state index in [2.05, 4.69) is 14.9 Å². The summed E-state index contributed by atoms with van der Waals surface area (Å²) in [5.74, 6) is 0.807. The summed E-state index contributed by atoms with van der Waals surface area (Å²) < 4.78 is 31.9. The largest absolute Gasteiger partial charge is 0.361 e. The summed E-state index contributed by atoms with van der Waals surface area (Å²) in [6, 6.07) is 0. The van der Waals surface area contributed by atoms with Gasteiger partial charge in [-0.3, -0.25) is 9.78 Å². The van der Waals surface area contributed by atoms with Crippen LogP contribution in [0.1, 0.15) is 52.7 Å². The lowest BCUT2D eigenvalue weighted by Gasteiger charge is -2.30. The normalized spacial score (nSPS) is 14.1. The number of nitrogens with one attached hydrogen (secondary N) is 1. The number of aromatic nitrogens is 2. The predicted octanol–water partition coefficient (Wildman–Crippen LogP) is 1.95. The second-order valence-electron chi connectivity index (χ2n) is 7.51. The van der Waals surface area contributed by atoms with Crippen LogP contribution < -0.4 is 4.72 Å². The molecule has 8 nitrogen and oxygen atoms in total. The molecule has 1 aliphatic heterocycles. The number of carbonyl (C=O) groups is 1. The lowest BCUT2D eigenvalue weighted by molar-refractivity contribution is -0.131. The topological polar surface area (TPSA) is 105 Å². The van der Waals surface area contributed by atoms with Gasteiger partial charge in [0.05, 0.1) is 17.9 Å². The Hall–Kier alpha value is -2.26. The Morgan fingerprint density at radius 2 is 2.00 bits per heavy atom. The van der Waals surface area contributed by atoms with Crippen molar-refractivity contribution in [2.75, 3.05) is 12.3 Å². The summed E-state index contributed by atoms with van der Waals surface area (Å²) in [6.07, 6.45) is 3.31. The van der Waals surface area contributed by atoms with Gasteiger partial charge < -0.3 is 9.42 Å². The SMILES string of the molecule is CCCS(=O)(=O)NCc1c(C)ncc2c1CCN(C(=O)Cc1c(C)noc1C)C2. The van der Waals surface area contributed by atoms with E-state index in [1.165, 1.54) is 0 Å². The summed E-state index contributed by atoms with van der Waals surface area (Å²) in [5, 5.41) is 3.91. The summed E-state index contributed by atoms with van der Waals surface area (Å²) in [7, 11) is -3.29. The van der Waals surface area contributed by atoms with Crippen molar-refractivity contribution in [3.63, 3.8) is 0 Å². The molecule has 0 spiro atoms. The highest BCUT2D eigenvalue weighted by atomic mass is 32.2. The van der Waals surface area contributed by atoms with Gasteiger partial charge in [-0.05, 0) is 50.3 Å². The number of sulfonamides is 1. The molecule has 29 heavy (non-hydrogen) atoms. The summed E-state index contributed by atoms with van der Waals surface area (Å²) in [5.41, 5.74) is 5.39. The maximum Gasteiger partial charge on any atom is 0.227 e. The van der Waals surface area contributed by atoms with Crippen LogP contribution in [0.3, 0.4) is 0 Å². The van der Waals surface area contributed by atoms with Crippen molar-refractivity contribution in [2.45, 2.75) is 60.0 Å². The van der Waals surface area contributed by atoms with Gasteiger partial charge in [0.1, 0.15) is 5.76 Å². The van der Waals surface area contributed by atoms with Gasteiger partial charge in [0, 0.05) is 37.1 Å². The summed E-state index contributed by atoms with van der Waals surface area (Å²) in [4.78, 5) is 19.1. The molecule has 3 rings (SSSR count). The van der Waals surface area contributed by atoms with Crippen LogP contribution in [0, 0.1) is 20.8 Å². The number of carbonyl (C=O) groups excluding carboxylic acids is 1. The average Bonchev–Trinajstić information content (AvgIpc) is 2.98. The van der Waals surface area contributed by atoms with Crippen molar-refractivity contribution >= 4 is 15.9 Å². The highest BCUT2D eigenvalue weighted by Gasteiger charge is 2.26.